The van der Waals surface area contributed by atoms with E-state index in [9.17, 15) is 19.7 Å². The van der Waals surface area contributed by atoms with Crippen LogP contribution in [0.25, 0.3) is 0 Å². The molecular weight excluding hydrogens is 464 g/mol. The molecule has 2 amide bonds. The number of halogens is 1. The van der Waals surface area contributed by atoms with Crippen LogP contribution in [0.1, 0.15) is 15.9 Å². The molecule has 34 heavy (non-hydrogen) atoms. The highest BCUT2D eigenvalue weighted by molar-refractivity contribution is 6.30. The first-order valence-electron chi connectivity index (χ1n) is 9.95. The van der Waals surface area contributed by atoms with Gasteiger partial charge in [0.1, 0.15) is 5.82 Å². The topological polar surface area (TPSA) is 124 Å². The lowest BCUT2D eigenvalue weighted by Gasteiger charge is -2.18. The number of ether oxygens (including phenoxy) is 2. The standard InChI is InChI=1S/C23H21ClN4O6/c1-14-8-9-25-21(10-14)26-22(29)13-27(2)23(30)15-4-6-19(20(11-15)33-3)34-18-7-5-16(24)12-17(18)28(31)32/h4-12H,13H2,1-3H3,(H,25,26,29). The SMILES string of the molecule is COc1cc(C(=O)N(C)CC(=O)Nc2cc(C)ccn2)ccc1Oc1ccc(Cl)cc1[N+](=O)[O-]. The van der Waals surface area contributed by atoms with Gasteiger partial charge in [0, 0.05) is 29.9 Å². The van der Waals surface area contributed by atoms with Crippen molar-refractivity contribution in [1.29, 1.82) is 0 Å². The Bertz CT molecular complexity index is 1250. The number of hydrogen-bond donors (Lipinski definition) is 1. The molecule has 0 fully saturated rings. The van der Waals surface area contributed by atoms with Gasteiger partial charge in [0.2, 0.25) is 11.7 Å². The molecule has 0 unspecified atom stereocenters. The molecule has 0 atom stereocenters. The Hall–Kier alpha value is -4.18. The molecule has 2 aromatic carbocycles. The van der Waals surface area contributed by atoms with Crippen molar-refractivity contribution in [2.75, 3.05) is 26.0 Å². The summed E-state index contributed by atoms with van der Waals surface area (Å²) in [5.74, 6) is -0.145. The summed E-state index contributed by atoms with van der Waals surface area (Å²) in [6.07, 6.45) is 1.58. The third kappa shape index (κ3) is 5.99. The summed E-state index contributed by atoms with van der Waals surface area (Å²) < 4.78 is 11.0. The van der Waals surface area contributed by atoms with Gasteiger partial charge in [-0.05, 0) is 55.0 Å². The number of rotatable bonds is 8. The highest BCUT2D eigenvalue weighted by Crippen LogP contribution is 2.38. The first-order chi connectivity index (χ1) is 16.2. The van der Waals surface area contributed by atoms with Crippen LogP contribution in [0.15, 0.2) is 54.7 Å². The van der Waals surface area contributed by atoms with Gasteiger partial charge in [-0.25, -0.2) is 4.98 Å². The molecule has 1 N–H and O–H groups in total. The van der Waals surface area contributed by atoms with E-state index in [0.717, 1.165) is 5.56 Å². The van der Waals surface area contributed by atoms with Crippen LogP contribution in [0.5, 0.6) is 17.2 Å². The average Bonchev–Trinajstić information content (AvgIpc) is 2.79. The number of anilines is 1. The van der Waals surface area contributed by atoms with E-state index in [1.54, 1.807) is 18.3 Å². The van der Waals surface area contributed by atoms with Crippen LogP contribution >= 0.6 is 11.6 Å². The summed E-state index contributed by atoms with van der Waals surface area (Å²) in [7, 11) is 2.86. The van der Waals surface area contributed by atoms with E-state index < -0.39 is 16.7 Å². The van der Waals surface area contributed by atoms with Crippen molar-refractivity contribution >= 4 is 34.9 Å². The van der Waals surface area contributed by atoms with Gasteiger partial charge in [0.25, 0.3) is 5.91 Å². The van der Waals surface area contributed by atoms with Crippen molar-refractivity contribution in [3.63, 3.8) is 0 Å². The number of nitro groups is 1. The number of nitrogens with zero attached hydrogens (tertiary/aromatic N) is 3. The van der Waals surface area contributed by atoms with Gasteiger partial charge in [-0.1, -0.05) is 11.6 Å². The van der Waals surface area contributed by atoms with Crippen molar-refractivity contribution < 1.29 is 24.0 Å². The zero-order valence-electron chi connectivity index (χ0n) is 18.6. The van der Waals surface area contributed by atoms with Gasteiger partial charge >= 0.3 is 5.69 Å². The first-order valence-corrected chi connectivity index (χ1v) is 10.3. The van der Waals surface area contributed by atoms with Gasteiger partial charge in [-0.3, -0.25) is 19.7 Å². The molecule has 0 aliphatic carbocycles. The third-order valence-corrected chi connectivity index (χ3v) is 4.89. The fourth-order valence-corrected chi connectivity index (χ4v) is 3.18. The van der Waals surface area contributed by atoms with Crippen LogP contribution < -0.4 is 14.8 Å². The maximum atomic E-state index is 12.8. The summed E-state index contributed by atoms with van der Waals surface area (Å²) in [5.41, 5.74) is 0.857. The van der Waals surface area contributed by atoms with Crippen LogP contribution in [0.4, 0.5) is 11.5 Å². The Kier molecular flexibility index (Phi) is 7.64. The lowest BCUT2D eigenvalue weighted by atomic mass is 10.1. The third-order valence-electron chi connectivity index (χ3n) is 4.66. The molecule has 3 aromatic rings. The molecule has 0 aliphatic heterocycles. The van der Waals surface area contributed by atoms with E-state index in [2.05, 4.69) is 10.3 Å². The number of nitrogens with one attached hydrogen (secondary N) is 1. The number of hydrogen-bond acceptors (Lipinski definition) is 7. The van der Waals surface area contributed by atoms with Gasteiger partial charge in [0.05, 0.1) is 18.6 Å². The number of carbonyl (C=O) groups excluding carboxylic acids is 2. The van der Waals surface area contributed by atoms with Crippen LogP contribution in [-0.2, 0) is 4.79 Å². The molecule has 0 radical (unpaired) electrons. The van der Waals surface area contributed by atoms with Crippen molar-refractivity contribution in [1.82, 2.24) is 9.88 Å². The van der Waals surface area contributed by atoms with E-state index in [1.165, 1.54) is 55.5 Å². The summed E-state index contributed by atoms with van der Waals surface area (Å²) in [6, 6.07) is 11.9. The van der Waals surface area contributed by atoms with Crippen LogP contribution in [0, 0.1) is 17.0 Å². The molecule has 0 spiro atoms. The number of benzene rings is 2. The minimum Gasteiger partial charge on any atom is -0.493 e. The Labute approximate surface area is 200 Å². The van der Waals surface area contributed by atoms with Crippen molar-refractivity contribution in [3.8, 4) is 17.2 Å². The molecule has 3 rings (SSSR count). The zero-order chi connectivity index (χ0) is 24.8. The molecule has 10 nitrogen and oxygen atoms in total. The molecule has 0 saturated carbocycles. The Morgan fingerprint density at radius 3 is 2.53 bits per heavy atom. The molecule has 176 valence electrons. The van der Waals surface area contributed by atoms with Crippen molar-refractivity contribution in [3.05, 3.63) is 81.0 Å². The molecule has 0 aliphatic rings. The van der Waals surface area contributed by atoms with E-state index in [0.29, 0.717) is 5.82 Å². The highest BCUT2D eigenvalue weighted by Gasteiger charge is 2.21. The maximum Gasteiger partial charge on any atom is 0.313 e. The number of pyridine rings is 1. The van der Waals surface area contributed by atoms with Crippen molar-refractivity contribution in [2.24, 2.45) is 0 Å². The van der Waals surface area contributed by atoms with Gasteiger partial charge in [-0.2, -0.15) is 0 Å². The summed E-state index contributed by atoms with van der Waals surface area (Å²) in [6.45, 7) is 1.67. The monoisotopic (exact) mass is 484 g/mol. The summed E-state index contributed by atoms with van der Waals surface area (Å²) >= 11 is 5.84. The largest absolute Gasteiger partial charge is 0.493 e. The Morgan fingerprint density at radius 1 is 1.12 bits per heavy atom. The minimum atomic E-state index is -0.613. The second-order valence-electron chi connectivity index (χ2n) is 7.26. The van der Waals surface area contributed by atoms with E-state index in [-0.39, 0.29) is 40.1 Å². The number of nitro benzene ring substituents is 1. The number of methoxy groups -OCH3 is 1. The maximum absolute atomic E-state index is 12.8. The van der Waals surface area contributed by atoms with Crippen molar-refractivity contribution in [2.45, 2.75) is 6.92 Å². The predicted molar refractivity (Wildman–Crippen MR) is 126 cm³/mol. The Morgan fingerprint density at radius 2 is 1.85 bits per heavy atom. The predicted octanol–water partition coefficient (Wildman–Crippen LogP) is 4.46. The number of amides is 2. The van der Waals surface area contributed by atoms with Crippen LogP contribution in [-0.4, -0.2) is 47.3 Å². The van der Waals surface area contributed by atoms with E-state index in [1.807, 2.05) is 6.92 Å². The quantitative estimate of drug-likeness (QED) is 0.369. The lowest BCUT2D eigenvalue weighted by Crippen LogP contribution is -2.35. The van der Waals surface area contributed by atoms with Gasteiger partial charge in [0.15, 0.2) is 11.5 Å². The molecule has 11 heteroatoms. The lowest BCUT2D eigenvalue weighted by molar-refractivity contribution is -0.385. The average molecular weight is 485 g/mol. The van der Waals surface area contributed by atoms with Gasteiger partial charge in [-0.15, -0.1) is 0 Å². The number of likely N-dealkylation sites (N-methyl/N-ethyl adjacent to an activating group) is 1. The minimum absolute atomic E-state index is 0.0367. The molecule has 1 heterocycles. The number of carbonyl (C=O) groups is 2. The molecule has 0 saturated heterocycles. The number of aryl methyl sites for hydroxylation is 1. The summed E-state index contributed by atoms with van der Waals surface area (Å²) in [5, 5.41) is 14.1. The van der Waals surface area contributed by atoms with Crippen LogP contribution in [0.2, 0.25) is 5.02 Å². The normalized spacial score (nSPS) is 10.4. The highest BCUT2D eigenvalue weighted by atomic mass is 35.5. The number of aromatic nitrogens is 1. The van der Waals surface area contributed by atoms with E-state index in [4.69, 9.17) is 21.1 Å². The zero-order valence-corrected chi connectivity index (χ0v) is 19.3. The molecular formula is C23H21ClN4O6. The van der Waals surface area contributed by atoms with E-state index >= 15 is 0 Å². The fourth-order valence-electron chi connectivity index (χ4n) is 3.02. The van der Waals surface area contributed by atoms with Crippen LogP contribution in [0.3, 0.4) is 0 Å². The smallest absolute Gasteiger partial charge is 0.313 e. The fraction of sp³-hybridized carbons (Fsp3) is 0.174. The molecule has 0 bridgehead atoms. The second kappa shape index (κ2) is 10.6. The summed E-state index contributed by atoms with van der Waals surface area (Å²) in [4.78, 5) is 41.1. The molecule has 1 aromatic heterocycles. The van der Waals surface area contributed by atoms with Gasteiger partial charge < -0.3 is 19.7 Å². The first kappa shape index (κ1) is 24.5. The second-order valence-corrected chi connectivity index (χ2v) is 7.70. The Balaban J connectivity index is 1.73.